The molecule has 194 valence electrons. The Hall–Kier alpha value is -1.98. The van der Waals surface area contributed by atoms with Gasteiger partial charge in [-0.05, 0) is 80.6 Å². The first-order valence-electron chi connectivity index (χ1n) is 13.8. The number of esters is 2. The predicted octanol–water partition coefficient (Wildman–Crippen LogP) is 5.51. The van der Waals surface area contributed by atoms with Crippen LogP contribution in [-0.4, -0.2) is 35.7 Å². The fourth-order valence-electron chi connectivity index (χ4n) is 8.17. The van der Waals surface area contributed by atoms with Crippen molar-refractivity contribution in [2.24, 2.45) is 28.6 Å². The molecular formula is C29H42O6. The topological polar surface area (TPSA) is 86.7 Å². The molecule has 0 aromatic heterocycles. The van der Waals surface area contributed by atoms with Gasteiger partial charge in [-0.25, -0.2) is 0 Å². The first-order chi connectivity index (χ1) is 16.6. The number of ether oxygens (including phenoxy) is 2. The largest absolute Gasteiger partial charge is 0.457 e. The smallest absolute Gasteiger partial charge is 0.306 e. The molecule has 0 radical (unpaired) electrons. The number of unbranched alkanes of at least 4 members (excludes halogenated alkanes) is 1. The van der Waals surface area contributed by atoms with Crippen molar-refractivity contribution in [3.8, 4) is 0 Å². The van der Waals surface area contributed by atoms with Crippen LogP contribution in [0.15, 0.2) is 11.6 Å². The second-order valence-corrected chi connectivity index (χ2v) is 11.8. The van der Waals surface area contributed by atoms with Gasteiger partial charge in [-0.3, -0.25) is 19.2 Å². The maximum absolute atomic E-state index is 13.7. The predicted molar refractivity (Wildman–Crippen MR) is 131 cm³/mol. The number of fused-ring (bicyclic) bond motifs is 5. The molecule has 3 saturated carbocycles. The molecule has 6 heteroatoms. The minimum absolute atomic E-state index is 0.0435. The Kier molecular flexibility index (Phi) is 7.32. The van der Waals surface area contributed by atoms with E-state index in [1.165, 1.54) is 5.57 Å². The van der Waals surface area contributed by atoms with Gasteiger partial charge in [0.1, 0.15) is 0 Å². The molecule has 0 unspecified atom stereocenters. The third-order valence-corrected chi connectivity index (χ3v) is 10.2. The average Bonchev–Trinajstić information content (AvgIpc) is 3.14. The number of rotatable bonds is 8. The monoisotopic (exact) mass is 486 g/mol. The molecule has 6 atom stereocenters. The molecule has 0 heterocycles. The van der Waals surface area contributed by atoms with Crippen LogP contribution in [0.3, 0.4) is 0 Å². The van der Waals surface area contributed by atoms with Crippen LogP contribution in [0.1, 0.15) is 105 Å². The summed E-state index contributed by atoms with van der Waals surface area (Å²) in [6.07, 6.45) is 10.6. The Morgan fingerprint density at radius 2 is 1.71 bits per heavy atom. The molecule has 4 aliphatic carbocycles. The summed E-state index contributed by atoms with van der Waals surface area (Å²) in [5.74, 6) is 0.431. The first-order valence-corrected chi connectivity index (χ1v) is 13.8. The van der Waals surface area contributed by atoms with Gasteiger partial charge in [0.2, 0.25) is 5.78 Å². The molecule has 0 aromatic rings. The molecule has 3 fully saturated rings. The van der Waals surface area contributed by atoms with Crippen LogP contribution in [0.4, 0.5) is 0 Å². The van der Waals surface area contributed by atoms with Crippen molar-refractivity contribution in [2.45, 2.75) is 110 Å². The number of Topliss-reactive ketones (excluding diaryl/α,β-unsaturated/α-hetero) is 1. The molecule has 0 bridgehead atoms. The number of hydrogen-bond donors (Lipinski definition) is 0. The highest BCUT2D eigenvalue weighted by Crippen LogP contribution is 2.68. The van der Waals surface area contributed by atoms with Crippen molar-refractivity contribution < 1.29 is 28.7 Å². The average molecular weight is 487 g/mol. The number of hydrogen-bond acceptors (Lipinski definition) is 6. The normalized spacial score (nSPS) is 38.0. The molecule has 0 amide bonds. The standard InChI is InChI=1S/C29H42O6/c1-5-7-8-26(33)35-29(24(31)18-34-25(32)6-2)16-13-23-21-10-9-19-17-20(30)11-14-27(19,3)22(21)12-15-28(23,29)4/h17,21-23H,5-16,18H2,1-4H3/t21-,22+,23+,27+,28+,29+/m1/s1. The van der Waals surface area contributed by atoms with Crippen LogP contribution in [0.2, 0.25) is 0 Å². The molecule has 0 N–H and O–H groups in total. The molecule has 6 nitrogen and oxygen atoms in total. The van der Waals surface area contributed by atoms with E-state index < -0.39 is 17.0 Å². The lowest BCUT2D eigenvalue weighted by molar-refractivity contribution is -0.192. The molecule has 0 aliphatic heterocycles. The maximum Gasteiger partial charge on any atom is 0.306 e. The quantitative estimate of drug-likeness (QED) is 0.420. The Labute approximate surface area is 209 Å². The summed E-state index contributed by atoms with van der Waals surface area (Å²) >= 11 is 0. The summed E-state index contributed by atoms with van der Waals surface area (Å²) in [6, 6.07) is 0. The van der Waals surface area contributed by atoms with E-state index >= 15 is 0 Å². The van der Waals surface area contributed by atoms with Gasteiger partial charge in [-0.15, -0.1) is 0 Å². The van der Waals surface area contributed by atoms with Crippen molar-refractivity contribution in [3.63, 3.8) is 0 Å². The van der Waals surface area contributed by atoms with Gasteiger partial charge in [-0.1, -0.05) is 39.7 Å². The zero-order chi connectivity index (χ0) is 25.4. The van der Waals surface area contributed by atoms with Gasteiger partial charge in [-0.2, -0.15) is 0 Å². The zero-order valence-corrected chi connectivity index (χ0v) is 22.0. The van der Waals surface area contributed by atoms with Gasteiger partial charge in [0.05, 0.1) is 0 Å². The van der Waals surface area contributed by atoms with Gasteiger partial charge in [0.25, 0.3) is 0 Å². The second-order valence-electron chi connectivity index (χ2n) is 11.8. The molecule has 4 aliphatic rings. The SMILES string of the molecule is CCCCC(=O)O[C@]1(C(=O)COC(=O)CC)CC[C@H]2[C@@H]3CCC4=CC(=O)CC[C@]4(C)[C@H]3CC[C@@]21C. The summed E-state index contributed by atoms with van der Waals surface area (Å²) in [6.45, 7) is 7.88. The van der Waals surface area contributed by atoms with E-state index in [-0.39, 0.29) is 41.9 Å². The fourth-order valence-corrected chi connectivity index (χ4v) is 8.17. The van der Waals surface area contributed by atoms with Crippen molar-refractivity contribution >= 4 is 23.5 Å². The number of carbonyl (C=O) groups excluding carboxylic acids is 4. The van der Waals surface area contributed by atoms with Crippen LogP contribution in [0.25, 0.3) is 0 Å². The Bertz CT molecular complexity index is 920. The summed E-state index contributed by atoms with van der Waals surface area (Å²) in [4.78, 5) is 50.6. The zero-order valence-electron chi connectivity index (χ0n) is 22.0. The Morgan fingerprint density at radius 3 is 2.43 bits per heavy atom. The van der Waals surface area contributed by atoms with Crippen molar-refractivity contribution in [2.75, 3.05) is 6.61 Å². The Balaban J connectivity index is 1.64. The van der Waals surface area contributed by atoms with E-state index in [1.54, 1.807) is 6.92 Å². The highest BCUT2D eigenvalue weighted by atomic mass is 16.6. The van der Waals surface area contributed by atoms with Gasteiger partial charge >= 0.3 is 11.9 Å². The van der Waals surface area contributed by atoms with Crippen LogP contribution >= 0.6 is 0 Å². The highest BCUT2D eigenvalue weighted by molar-refractivity contribution is 5.93. The molecule has 4 rings (SSSR count). The summed E-state index contributed by atoms with van der Waals surface area (Å²) in [5.41, 5.74) is -0.354. The fraction of sp³-hybridized carbons (Fsp3) is 0.793. The van der Waals surface area contributed by atoms with Crippen LogP contribution in [0, 0.1) is 28.6 Å². The molecule has 0 aromatic carbocycles. The number of carbonyl (C=O) groups is 4. The van der Waals surface area contributed by atoms with E-state index in [1.807, 2.05) is 13.0 Å². The molecular weight excluding hydrogens is 444 g/mol. The highest BCUT2D eigenvalue weighted by Gasteiger charge is 2.68. The lowest BCUT2D eigenvalue weighted by Crippen LogP contribution is -2.60. The third kappa shape index (κ3) is 4.29. The van der Waals surface area contributed by atoms with E-state index in [0.29, 0.717) is 31.1 Å². The molecule has 0 saturated heterocycles. The maximum atomic E-state index is 13.7. The van der Waals surface area contributed by atoms with Crippen molar-refractivity contribution in [1.29, 1.82) is 0 Å². The minimum Gasteiger partial charge on any atom is -0.457 e. The van der Waals surface area contributed by atoms with E-state index in [9.17, 15) is 19.2 Å². The summed E-state index contributed by atoms with van der Waals surface area (Å²) < 4.78 is 11.5. The van der Waals surface area contributed by atoms with Gasteiger partial charge in [0.15, 0.2) is 18.0 Å². The van der Waals surface area contributed by atoms with Crippen molar-refractivity contribution in [3.05, 3.63) is 11.6 Å². The van der Waals surface area contributed by atoms with E-state index in [4.69, 9.17) is 9.47 Å². The third-order valence-electron chi connectivity index (χ3n) is 10.2. The van der Waals surface area contributed by atoms with Crippen molar-refractivity contribution in [1.82, 2.24) is 0 Å². The summed E-state index contributed by atoms with van der Waals surface area (Å²) in [5, 5.41) is 0. The van der Waals surface area contributed by atoms with Crippen LogP contribution in [0.5, 0.6) is 0 Å². The molecule has 0 spiro atoms. The number of ketones is 2. The summed E-state index contributed by atoms with van der Waals surface area (Å²) in [7, 11) is 0. The first kappa shape index (κ1) is 26.1. The van der Waals surface area contributed by atoms with Gasteiger partial charge in [0, 0.05) is 24.7 Å². The minimum atomic E-state index is -1.24. The van der Waals surface area contributed by atoms with Crippen LogP contribution in [-0.2, 0) is 28.7 Å². The number of allylic oxidation sites excluding steroid dienone is 1. The lowest BCUT2D eigenvalue weighted by atomic mass is 9.46. The van der Waals surface area contributed by atoms with Crippen LogP contribution < -0.4 is 0 Å². The molecule has 35 heavy (non-hydrogen) atoms. The Morgan fingerprint density at radius 1 is 0.971 bits per heavy atom. The lowest BCUT2D eigenvalue weighted by Gasteiger charge is -2.59. The van der Waals surface area contributed by atoms with Gasteiger partial charge < -0.3 is 9.47 Å². The second kappa shape index (κ2) is 9.82. The van der Waals surface area contributed by atoms with E-state index in [0.717, 1.165) is 51.4 Å². The van der Waals surface area contributed by atoms with E-state index in [2.05, 4.69) is 13.8 Å².